The third-order valence-electron chi connectivity index (χ3n) is 4.77. The zero-order valence-corrected chi connectivity index (χ0v) is 17.8. The van der Waals surface area contributed by atoms with Crippen molar-refractivity contribution in [2.75, 3.05) is 19.5 Å². The number of aromatic nitrogens is 2. The highest BCUT2D eigenvalue weighted by atomic mass is 16.5. The van der Waals surface area contributed by atoms with Crippen LogP contribution in [0.25, 0.3) is 11.7 Å². The van der Waals surface area contributed by atoms with E-state index < -0.39 is 0 Å². The second-order valence-corrected chi connectivity index (χ2v) is 6.92. The lowest BCUT2D eigenvalue weighted by Gasteiger charge is -2.12. The number of hydrogen-bond donors (Lipinski definition) is 1. The summed E-state index contributed by atoms with van der Waals surface area (Å²) in [6.45, 7) is 0.267. The number of imidazole rings is 1. The molecule has 0 saturated carbocycles. The average molecular weight is 429 g/mol. The van der Waals surface area contributed by atoms with E-state index in [1.807, 2.05) is 59.3 Å². The summed E-state index contributed by atoms with van der Waals surface area (Å²) in [7, 11) is 3.17. The number of fused-ring (bicyclic) bond motifs is 1. The lowest BCUT2D eigenvalue weighted by Crippen LogP contribution is -2.08. The highest BCUT2D eigenvalue weighted by Crippen LogP contribution is 2.31. The van der Waals surface area contributed by atoms with Gasteiger partial charge in [0.1, 0.15) is 18.0 Å². The Morgan fingerprint density at radius 3 is 2.62 bits per heavy atom. The molecule has 0 radical (unpaired) electrons. The Balaban J connectivity index is 1.45. The maximum Gasteiger partial charge on any atom is 0.248 e. The van der Waals surface area contributed by atoms with Gasteiger partial charge in [0.05, 0.1) is 19.9 Å². The van der Waals surface area contributed by atoms with Crippen molar-refractivity contribution in [2.24, 2.45) is 0 Å². The minimum Gasteiger partial charge on any atom is -0.496 e. The molecule has 0 aliphatic heterocycles. The summed E-state index contributed by atoms with van der Waals surface area (Å²) in [4.78, 5) is 16.9. The molecule has 32 heavy (non-hydrogen) atoms. The zero-order valence-electron chi connectivity index (χ0n) is 17.8. The summed E-state index contributed by atoms with van der Waals surface area (Å²) >= 11 is 0. The van der Waals surface area contributed by atoms with Crippen molar-refractivity contribution < 1.29 is 19.0 Å². The summed E-state index contributed by atoms with van der Waals surface area (Å²) in [5.74, 6) is 1.50. The molecule has 2 aromatic heterocycles. The molecule has 0 atom stereocenters. The van der Waals surface area contributed by atoms with Crippen LogP contribution in [0.1, 0.15) is 11.3 Å². The van der Waals surface area contributed by atoms with Crippen molar-refractivity contribution in [3.63, 3.8) is 0 Å². The van der Waals surface area contributed by atoms with Crippen molar-refractivity contribution in [3.8, 4) is 17.2 Å². The van der Waals surface area contributed by atoms with Crippen LogP contribution in [0.2, 0.25) is 0 Å². The molecule has 4 rings (SSSR count). The van der Waals surface area contributed by atoms with Crippen LogP contribution in [0.5, 0.6) is 17.2 Å². The predicted octanol–water partition coefficient (Wildman–Crippen LogP) is 4.58. The van der Waals surface area contributed by atoms with Crippen LogP contribution < -0.4 is 19.5 Å². The summed E-state index contributed by atoms with van der Waals surface area (Å²) < 4.78 is 18.6. The molecule has 0 aliphatic carbocycles. The average Bonchev–Trinajstić information content (AvgIpc) is 3.25. The van der Waals surface area contributed by atoms with Crippen molar-refractivity contribution >= 4 is 23.3 Å². The number of nitrogens with zero attached hydrogens (tertiary/aromatic N) is 2. The Labute approximate surface area is 185 Å². The van der Waals surface area contributed by atoms with Crippen LogP contribution in [-0.4, -0.2) is 29.5 Å². The maximum absolute atomic E-state index is 12.4. The standard InChI is InChI=1S/C25H23N3O4/c1-30-21-8-4-3-7-18(21)10-13-25(29)27-19-11-12-22(31-2)23(15-19)32-17-20-16-28-14-6-5-9-24(28)26-20/h3-16H,17H2,1-2H3,(H,27,29)/b13-10+. The van der Waals surface area contributed by atoms with Crippen LogP contribution in [-0.2, 0) is 11.4 Å². The Bertz CT molecular complexity index is 1230. The molecule has 2 aromatic carbocycles. The summed E-state index contributed by atoms with van der Waals surface area (Å²) in [5, 5.41) is 2.84. The van der Waals surface area contributed by atoms with Crippen molar-refractivity contribution in [1.29, 1.82) is 0 Å². The Kier molecular flexibility index (Phi) is 6.36. The van der Waals surface area contributed by atoms with Crippen molar-refractivity contribution in [1.82, 2.24) is 9.38 Å². The molecule has 7 heteroatoms. The van der Waals surface area contributed by atoms with Gasteiger partial charge in [-0.15, -0.1) is 0 Å². The number of carbonyl (C=O) groups is 1. The number of anilines is 1. The molecule has 0 saturated heterocycles. The van der Waals surface area contributed by atoms with Gasteiger partial charge >= 0.3 is 0 Å². The maximum atomic E-state index is 12.4. The highest BCUT2D eigenvalue weighted by Gasteiger charge is 2.09. The van der Waals surface area contributed by atoms with Crippen LogP contribution in [0.3, 0.4) is 0 Å². The van der Waals surface area contributed by atoms with E-state index >= 15 is 0 Å². The first-order valence-electron chi connectivity index (χ1n) is 10.0. The van der Waals surface area contributed by atoms with Gasteiger partial charge in [-0.2, -0.15) is 0 Å². The van der Waals surface area contributed by atoms with E-state index in [-0.39, 0.29) is 12.5 Å². The number of amides is 1. The van der Waals surface area contributed by atoms with Gasteiger partial charge in [0.15, 0.2) is 11.5 Å². The first-order valence-corrected chi connectivity index (χ1v) is 10.0. The Hall–Kier alpha value is -4.26. The van der Waals surface area contributed by atoms with Crippen LogP contribution in [0.4, 0.5) is 5.69 Å². The van der Waals surface area contributed by atoms with Crippen molar-refractivity contribution in [2.45, 2.75) is 6.61 Å². The molecule has 2 heterocycles. The first-order chi connectivity index (χ1) is 15.7. The summed E-state index contributed by atoms with van der Waals surface area (Å²) in [6.07, 6.45) is 7.01. The molecule has 7 nitrogen and oxygen atoms in total. The second-order valence-electron chi connectivity index (χ2n) is 6.92. The normalized spacial score (nSPS) is 10.9. The largest absolute Gasteiger partial charge is 0.496 e. The minimum absolute atomic E-state index is 0.267. The van der Waals surface area contributed by atoms with Crippen LogP contribution >= 0.6 is 0 Å². The SMILES string of the molecule is COc1ccccc1/C=C/C(=O)Nc1ccc(OC)c(OCc2cn3ccccc3n2)c1. The molecule has 162 valence electrons. The number of carbonyl (C=O) groups excluding carboxylic acids is 1. The Morgan fingerprint density at radius 2 is 1.81 bits per heavy atom. The van der Waals surface area contributed by atoms with E-state index in [0.29, 0.717) is 22.9 Å². The quantitative estimate of drug-likeness (QED) is 0.415. The molecule has 1 N–H and O–H groups in total. The molecule has 0 bridgehead atoms. The fourth-order valence-electron chi connectivity index (χ4n) is 3.23. The number of ether oxygens (including phenoxy) is 3. The third kappa shape index (κ3) is 4.89. The molecule has 0 fully saturated rings. The fourth-order valence-corrected chi connectivity index (χ4v) is 3.23. The van der Waals surface area contributed by atoms with Gasteiger partial charge in [-0.3, -0.25) is 4.79 Å². The lowest BCUT2D eigenvalue weighted by atomic mass is 10.2. The van der Waals surface area contributed by atoms with E-state index in [9.17, 15) is 4.79 Å². The molecule has 4 aromatic rings. The Morgan fingerprint density at radius 1 is 1.00 bits per heavy atom. The van der Waals surface area contributed by atoms with Crippen LogP contribution in [0, 0.1) is 0 Å². The number of methoxy groups -OCH3 is 2. The monoisotopic (exact) mass is 429 g/mol. The number of nitrogens with one attached hydrogen (secondary N) is 1. The van der Waals surface area contributed by atoms with Gasteiger partial charge in [0.2, 0.25) is 5.91 Å². The predicted molar refractivity (Wildman–Crippen MR) is 123 cm³/mol. The third-order valence-corrected chi connectivity index (χ3v) is 4.77. The number of hydrogen-bond acceptors (Lipinski definition) is 5. The summed E-state index contributed by atoms with van der Waals surface area (Å²) in [6, 6.07) is 18.5. The van der Waals surface area contributed by atoms with Gasteiger partial charge < -0.3 is 23.9 Å². The van der Waals surface area contributed by atoms with Crippen molar-refractivity contribution in [3.05, 3.63) is 90.4 Å². The molecule has 1 amide bonds. The van der Waals surface area contributed by atoms with Gasteiger partial charge in [0.25, 0.3) is 0 Å². The smallest absolute Gasteiger partial charge is 0.248 e. The van der Waals surface area contributed by atoms with E-state index in [4.69, 9.17) is 14.2 Å². The zero-order chi connectivity index (χ0) is 22.3. The van der Waals surface area contributed by atoms with E-state index in [1.165, 1.54) is 6.08 Å². The van der Waals surface area contributed by atoms with Gasteiger partial charge in [-0.05, 0) is 36.4 Å². The lowest BCUT2D eigenvalue weighted by molar-refractivity contribution is -0.111. The topological polar surface area (TPSA) is 74.1 Å². The van der Waals surface area contributed by atoms with E-state index in [2.05, 4.69) is 10.3 Å². The van der Waals surface area contributed by atoms with Gasteiger partial charge in [-0.1, -0.05) is 24.3 Å². The summed E-state index contributed by atoms with van der Waals surface area (Å²) in [5.41, 5.74) is 3.04. The minimum atomic E-state index is -0.271. The van der Waals surface area contributed by atoms with E-state index in [1.54, 1.807) is 38.5 Å². The number of para-hydroxylation sites is 1. The number of rotatable bonds is 8. The van der Waals surface area contributed by atoms with E-state index in [0.717, 1.165) is 16.9 Å². The second kappa shape index (κ2) is 9.70. The first kappa shape index (κ1) is 21.0. The molecular weight excluding hydrogens is 406 g/mol. The fraction of sp³-hybridized carbons (Fsp3) is 0.120. The van der Waals surface area contributed by atoms with Crippen LogP contribution in [0.15, 0.2) is 79.1 Å². The molecule has 0 aliphatic rings. The molecular formula is C25H23N3O4. The number of benzene rings is 2. The molecule has 0 spiro atoms. The molecule has 0 unspecified atom stereocenters. The van der Waals surface area contributed by atoms with Gasteiger partial charge in [-0.25, -0.2) is 4.98 Å². The highest BCUT2D eigenvalue weighted by molar-refractivity contribution is 6.02. The number of pyridine rings is 1. The van der Waals surface area contributed by atoms with Gasteiger partial charge in [0, 0.05) is 35.8 Å².